The van der Waals surface area contributed by atoms with Gasteiger partial charge in [0.1, 0.15) is 16.8 Å². The van der Waals surface area contributed by atoms with Gasteiger partial charge in [0.05, 0.1) is 0 Å². The highest BCUT2D eigenvalue weighted by atomic mass is 16.3. The van der Waals surface area contributed by atoms with Crippen molar-refractivity contribution in [2.24, 2.45) is 0 Å². The van der Waals surface area contributed by atoms with Crippen molar-refractivity contribution in [3.63, 3.8) is 0 Å². The van der Waals surface area contributed by atoms with Crippen molar-refractivity contribution < 1.29 is 5.11 Å². The zero-order valence-electron chi connectivity index (χ0n) is 16.6. The first-order valence-corrected chi connectivity index (χ1v) is 9.39. The Labute approximate surface area is 155 Å². The van der Waals surface area contributed by atoms with E-state index in [4.69, 9.17) is 0 Å². The van der Waals surface area contributed by atoms with Gasteiger partial charge in [0.25, 0.3) is 0 Å². The molecule has 0 fully saturated rings. The van der Waals surface area contributed by atoms with Gasteiger partial charge in [-0.2, -0.15) is 15.4 Å². The van der Waals surface area contributed by atoms with E-state index in [0.717, 1.165) is 40.6 Å². The molecule has 0 saturated heterocycles. The van der Waals surface area contributed by atoms with Crippen molar-refractivity contribution in [1.82, 2.24) is 15.4 Å². The maximum Gasteiger partial charge on any atom is 0.127 e. The molecule has 0 unspecified atom stereocenters. The van der Waals surface area contributed by atoms with E-state index in [9.17, 15) is 5.11 Å². The Morgan fingerprint density at radius 1 is 0.885 bits per heavy atom. The van der Waals surface area contributed by atoms with Crippen LogP contribution in [0.4, 0.5) is 0 Å². The van der Waals surface area contributed by atoms with Crippen LogP contribution >= 0.6 is 0 Å². The highest BCUT2D eigenvalue weighted by Gasteiger charge is 2.32. The molecule has 0 aliphatic rings. The molecule has 0 bridgehead atoms. The van der Waals surface area contributed by atoms with E-state index in [1.165, 1.54) is 5.56 Å². The molecule has 0 spiro atoms. The van der Waals surface area contributed by atoms with E-state index < -0.39 is 0 Å². The van der Waals surface area contributed by atoms with E-state index >= 15 is 0 Å². The van der Waals surface area contributed by atoms with E-state index in [2.05, 4.69) is 63.0 Å². The summed E-state index contributed by atoms with van der Waals surface area (Å²) in [6.45, 7) is 13.3. The van der Waals surface area contributed by atoms with Crippen LogP contribution < -0.4 is 0 Å². The molecule has 3 aromatic rings. The van der Waals surface area contributed by atoms with Crippen molar-refractivity contribution in [1.29, 1.82) is 0 Å². The number of hydrogen-bond donors (Lipinski definition) is 2. The second kappa shape index (κ2) is 6.42. The Morgan fingerprint density at radius 2 is 1.54 bits per heavy atom. The van der Waals surface area contributed by atoms with Crippen LogP contribution in [0.25, 0.3) is 22.2 Å². The van der Waals surface area contributed by atoms with E-state index in [-0.39, 0.29) is 10.8 Å². The third-order valence-electron chi connectivity index (χ3n) is 5.98. The lowest BCUT2D eigenvalue weighted by atomic mass is 9.70. The van der Waals surface area contributed by atoms with Gasteiger partial charge in [0, 0.05) is 11.1 Å². The van der Waals surface area contributed by atoms with Crippen molar-refractivity contribution in [2.45, 2.75) is 65.2 Å². The smallest absolute Gasteiger partial charge is 0.127 e. The van der Waals surface area contributed by atoms with Crippen LogP contribution in [0.1, 0.15) is 65.5 Å². The van der Waals surface area contributed by atoms with Crippen LogP contribution in [0.3, 0.4) is 0 Å². The van der Waals surface area contributed by atoms with Crippen molar-refractivity contribution in [3.05, 3.63) is 41.5 Å². The van der Waals surface area contributed by atoms with Gasteiger partial charge < -0.3 is 5.11 Å². The summed E-state index contributed by atoms with van der Waals surface area (Å²) in [4.78, 5) is 0. The third kappa shape index (κ3) is 2.98. The standard InChI is InChI=1S/C22H29N3O/c1-7-21(3,4)16-11-10-15(20(26)19(16)22(5,6)8-2)14-9-12-17-18(13-14)24-25-23-17/h9-13,26H,7-8H2,1-6H3,(H,23,24,25). The quantitative estimate of drug-likeness (QED) is 0.619. The minimum absolute atomic E-state index is 0.00779. The number of aromatic amines is 1. The Hall–Kier alpha value is -2.36. The molecule has 26 heavy (non-hydrogen) atoms. The Morgan fingerprint density at radius 3 is 2.19 bits per heavy atom. The predicted octanol–water partition coefficient (Wildman–Crippen LogP) is 5.71. The molecule has 138 valence electrons. The van der Waals surface area contributed by atoms with Crippen molar-refractivity contribution >= 4 is 11.0 Å². The number of aromatic hydroxyl groups is 1. The second-order valence-corrected chi connectivity index (χ2v) is 8.39. The topological polar surface area (TPSA) is 61.8 Å². The summed E-state index contributed by atoms with van der Waals surface area (Å²) in [7, 11) is 0. The summed E-state index contributed by atoms with van der Waals surface area (Å²) in [6, 6.07) is 10.1. The van der Waals surface area contributed by atoms with Crippen LogP contribution in [0, 0.1) is 0 Å². The average molecular weight is 351 g/mol. The number of phenolic OH excluding ortho intramolecular Hbond substituents is 1. The lowest BCUT2D eigenvalue weighted by Gasteiger charge is -2.35. The molecule has 2 N–H and O–H groups in total. The first-order chi connectivity index (χ1) is 12.2. The number of fused-ring (bicyclic) bond motifs is 1. The molecule has 0 radical (unpaired) electrons. The molecule has 0 atom stereocenters. The van der Waals surface area contributed by atoms with Gasteiger partial charge in [0.15, 0.2) is 0 Å². The number of phenols is 1. The molecule has 2 aromatic carbocycles. The number of nitrogens with one attached hydrogen (secondary N) is 1. The first-order valence-electron chi connectivity index (χ1n) is 9.39. The lowest BCUT2D eigenvalue weighted by Crippen LogP contribution is -2.25. The van der Waals surface area contributed by atoms with Crippen LogP contribution in [-0.4, -0.2) is 20.5 Å². The van der Waals surface area contributed by atoms with Gasteiger partial charge in [0.2, 0.25) is 0 Å². The van der Waals surface area contributed by atoms with E-state index in [0.29, 0.717) is 5.75 Å². The maximum atomic E-state index is 11.3. The Bertz CT molecular complexity index is 938. The van der Waals surface area contributed by atoms with Crippen molar-refractivity contribution in [2.75, 3.05) is 0 Å². The second-order valence-electron chi connectivity index (χ2n) is 8.39. The number of H-pyrrole nitrogens is 1. The zero-order chi connectivity index (χ0) is 19.1. The molecule has 0 saturated carbocycles. The largest absolute Gasteiger partial charge is 0.507 e. The number of hydrogen-bond acceptors (Lipinski definition) is 3. The van der Waals surface area contributed by atoms with Gasteiger partial charge in [-0.15, -0.1) is 0 Å². The van der Waals surface area contributed by atoms with Crippen LogP contribution in [0.15, 0.2) is 30.3 Å². The minimum atomic E-state index is -0.111. The molecule has 0 aliphatic heterocycles. The summed E-state index contributed by atoms with van der Waals surface area (Å²) < 4.78 is 0. The average Bonchev–Trinajstić information content (AvgIpc) is 3.08. The number of aromatic nitrogens is 3. The number of benzene rings is 2. The van der Waals surface area contributed by atoms with E-state index in [1.807, 2.05) is 24.3 Å². The monoisotopic (exact) mass is 351 g/mol. The fourth-order valence-corrected chi connectivity index (χ4v) is 3.45. The van der Waals surface area contributed by atoms with E-state index in [1.54, 1.807) is 0 Å². The molecule has 3 rings (SSSR count). The van der Waals surface area contributed by atoms with Gasteiger partial charge in [-0.3, -0.25) is 0 Å². The SMILES string of the molecule is CCC(C)(C)c1ccc(-c2ccc3n[nH]nc3c2)c(O)c1C(C)(C)CC. The highest BCUT2D eigenvalue weighted by Crippen LogP contribution is 2.46. The van der Waals surface area contributed by atoms with Crippen LogP contribution in [0.5, 0.6) is 5.75 Å². The molecule has 0 aliphatic carbocycles. The molecule has 1 heterocycles. The Kier molecular flexibility index (Phi) is 4.55. The predicted molar refractivity (Wildman–Crippen MR) is 108 cm³/mol. The van der Waals surface area contributed by atoms with Gasteiger partial charge in [-0.05, 0) is 46.9 Å². The molecular formula is C22H29N3O. The lowest BCUT2D eigenvalue weighted by molar-refractivity contribution is 0.409. The fourth-order valence-electron chi connectivity index (χ4n) is 3.45. The Balaban J connectivity index is 2.27. The molecule has 0 amide bonds. The van der Waals surface area contributed by atoms with Gasteiger partial charge in [-0.25, -0.2) is 0 Å². The zero-order valence-corrected chi connectivity index (χ0v) is 16.6. The normalized spacial score (nSPS) is 12.7. The van der Waals surface area contributed by atoms with Crippen LogP contribution in [0.2, 0.25) is 0 Å². The van der Waals surface area contributed by atoms with Gasteiger partial charge >= 0.3 is 0 Å². The number of nitrogens with zero attached hydrogens (tertiary/aromatic N) is 2. The number of rotatable bonds is 5. The van der Waals surface area contributed by atoms with Gasteiger partial charge in [-0.1, -0.05) is 59.7 Å². The molecule has 1 aromatic heterocycles. The van der Waals surface area contributed by atoms with Crippen molar-refractivity contribution in [3.8, 4) is 16.9 Å². The maximum absolute atomic E-state index is 11.3. The summed E-state index contributed by atoms with van der Waals surface area (Å²) in [5, 5.41) is 22.3. The molecule has 4 heteroatoms. The first kappa shape index (κ1) is 18.4. The fraction of sp³-hybridized carbons (Fsp3) is 0.455. The summed E-state index contributed by atoms with van der Waals surface area (Å²) >= 11 is 0. The minimum Gasteiger partial charge on any atom is -0.507 e. The summed E-state index contributed by atoms with van der Waals surface area (Å²) in [5.74, 6) is 0.388. The third-order valence-corrected chi connectivity index (χ3v) is 5.98. The summed E-state index contributed by atoms with van der Waals surface area (Å²) in [6.07, 6.45) is 1.97. The summed E-state index contributed by atoms with van der Waals surface area (Å²) in [5.41, 5.74) is 5.62. The van der Waals surface area contributed by atoms with Crippen LogP contribution in [-0.2, 0) is 10.8 Å². The molecule has 4 nitrogen and oxygen atoms in total. The highest BCUT2D eigenvalue weighted by molar-refractivity contribution is 5.83. The molecular weight excluding hydrogens is 322 g/mol.